The van der Waals surface area contributed by atoms with Crippen molar-refractivity contribution in [2.75, 3.05) is 19.8 Å². The molecule has 2 heterocycles. The Morgan fingerprint density at radius 1 is 1.40 bits per heavy atom. The van der Waals surface area contributed by atoms with Gasteiger partial charge in [-0.25, -0.2) is 0 Å². The normalized spacial score (nSPS) is 27.2. The van der Waals surface area contributed by atoms with Crippen molar-refractivity contribution in [1.82, 2.24) is 5.32 Å². The number of rotatable bonds is 2. The van der Waals surface area contributed by atoms with Crippen molar-refractivity contribution in [3.63, 3.8) is 0 Å². The van der Waals surface area contributed by atoms with Crippen LogP contribution in [0, 0.1) is 0 Å². The van der Waals surface area contributed by atoms with Gasteiger partial charge in [0.05, 0.1) is 23.1 Å². The van der Waals surface area contributed by atoms with E-state index in [0.717, 1.165) is 25.0 Å². The zero-order chi connectivity index (χ0) is 14.2. The lowest BCUT2D eigenvalue weighted by Crippen LogP contribution is -2.29. The molecule has 4 nitrogen and oxygen atoms in total. The lowest BCUT2D eigenvalue weighted by molar-refractivity contribution is 0.0164. The van der Waals surface area contributed by atoms with Crippen molar-refractivity contribution in [3.05, 3.63) is 29.3 Å². The van der Waals surface area contributed by atoms with Gasteiger partial charge in [-0.1, -0.05) is 6.07 Å². The standard InChI is InChI=1S/C15H18ClNO3/c1-15(5-2-7-20-15)13(16)10-3-4-12-11(9-10)14(18)17-6-8-19-12/h3-4,9,13H,2,5-8H2,1H3,(H,17,18). The predicted molar refractivity (Wildman–Crippen MR) is 76.5 cm³/mol. The minimum atomic E-state index is -0.363. The largest absolute Gasteiger partial charge is 0.491 e. The van der Waals surface area contributed by atoms with Crippen LogP contribution in [0.5, 0.6) is 5.75 Å². The van der Waals surface area contributed by atoms with Crippen LogP contribution in [0.15, 0.2) is 18.2 Å². The average Bonchev–Trinajstić information content (AvgIpc) is 2.82. The van der Waals surface area contributed by atoms with Crippen LogP contribution in [-0.2, 0) is 4.74 Å². The molecule has 0 aromatic heterocycles. The van der Waals surface area contributed by atoms with Crippen LogP contribution in [0.3, 0.4) is 0 Å². The van der Waals surface area contributed by atoms with E-state index in [-0.39, 0.29) is 16.9 Å². The van der Waals surface area contributed by atoms with Crippen LogP contribution in [-0.4, -0.2) is 31.3 Å². The molecule has 2 unspecified atom stereocenters. The van der Waals surface area contributed by atoms with Gasteiger partial charge in [0, 0.05) is 6.61 Å². The molecule has 0 spiro atoms. The zero-order valence-corrected chi connectivity index (χ0v) is 12.2. The first-order valence-corrected chi connectivity index (χ1v) is 7.37. The van der Waals surface area contributed by atoms with E-state index in [1.807, 2.05) is 25.1 Å². The monoisotopic (exact) mass is 295 g/mol. The van der Waals surface area contributed by atoms with Gasteiger partial charge < -0.3 is 14.8 Å². The molecule has 1 N–H and O–H groups in total. The number of hydrogen-bond acceptors (Lipinski definition) is 3. The Morgan fingerprint density at radius 3 is 3.00 bits per heavy atom. The van der Waals surface area contributed by atoms with Crippen LogP contribution >= 0.6 is 11.6 Å². The topological polar surface area (TPSA) is 47.6 Å². The van der Waals surface area contributed by atoms with Crippen LogP contribution in [0.4, 0.5) is 0 Å². The summed E-state index contributed by atoms with van der Waals surface area (Å²) in [6, 6.07) is 5.56. The van der Waals surface area contributed by atoms with Crippen molar-refractivity contribution >= 4 is 17.5 Å². The smallest absolute Gasteiger partial charge is 0.255 e. The van der Waals surface area contributed by atoms with Crippen molar-refractivity contribution in [2.24, 2.45) is 0 Å². The summed E-state index contributed by atoms with van der Waals surface area (Å²) >= 11 is 6.59. The van der Waals surface area contributed by atoms with Crippen molar-refractivity contribution < 1.29 is 14.3 Å². The maximum atomic E-state index is 12.0. The second kappa shape index (κ2) is 5.26. The molecule has 2 aliphatic heterocycles. The van der Waals surface area contributed by atoms with Gasteiger partial charge >= 0.3 is 0 Å². The van der Waals surface area contributed by atoms with Crippen molar-refractivity contribution in [3.8, 4) is 5.75 Å². The van der Waals surface area contributed by atoms with E-state index in [4.69, 9.17) is 21.1 Å². The Bertz CT molecular complexity index is 526. The van der Waals surface area contributed by atoms with Gasteiger partial charge in [0.15, 0.2) is 0 Å². The van der Waals surface area contributed by atoms with Crippen LogP contribution in [0.25, 0.3) is 0 Å². The summed E-state index contributed by atoms with van der Waals surface area (Å²) in [7, 11) is 0. The molecule has 3 rings (SSSR count). The minimum absolute atomic E-state index is 0.110. The van der Waals surface area contributed by atoms with Gasteiger partial charge in [-0.15, -0.1) is 11.6 Å². The molecule has 1 aromatic rings. The molecule has 108 valence electrons. The number of benzene rings is 1. The number of carbonyl (C=O) groups excluding carboxylic acids is 1. The van der Waals surface area contributed by atoms with Gasteiger partial charge in [0.25, 0.3) is 5.91 Å². The Balaban J connectivity index is 1.93. The molecule has 1 amide bonds. The summed E-state index contributed by atoms with van der Waals surface area (Å²) in [5, 5.41) is 2.54. The maximum Gasteiger partial charge on any atom is 0.255 e. The van der Waals surface area contributed by atoms with Crippen LogP contribution < -0.4 is 10.1 Å². The summed E-state index contributed by atoms with van der Waals surface area (Å²) in [5.74, 6) is 0.505. The number of fused-ring (bicyclic) bond motifs is 1. The highest BCUT2D eigenvalue weighted by atomic mass is 35.5. The van der Waals surface area contributed by atoms with Gasteiger partial charge in [-0.2, -0.15) is 0 Å². The summed E-state index contributed by atoms with van der Waals surface area (Å²) < 4.78 is 11.3. The Kier molecular flexibility index (Phi) is 3.61. The number of halogens is 1. The van der Waals surface area contributed by atoms with E-state index in [0.29, 0.717) is 24.5 Å². The van der Waals surface area contributed by atoms with E-state index in [1.54, 1.807) is 0 Å². The number of hydrogen-bond donors (Lipinski definition) is 1. The van der Waals surface area contributed by atoms with E-state index in [9.17, 15) is 4.79 Å². The number of nitrogens with one attached hydrogen (secondary N) is 1. The van der Waals surface area contributed by atoms with E-state index in [1.165, 1.54) is 0 Å². The molecule has 0 bridgehead atoms. The maximum absolute atomic E-state index is 12.0. The van der Waals surface area contributed by atoms with Crippen LogP contribution in [0.1, 0.15) is 41.1 Å². The summed E-state index contributed by atoms with van der Waals surface area (Å²) in [4.78, 5) is 12.0. The number of alkyl halides is 1. The molecule has 1 saturated heterocycles. The Labute approximate surface area is 123 Å². The Morgan fingerprint density at radius 2 is 2.25 bits per heavy atom. The molecule has 1 fully saturated rings. The summed E-state index contributed by atoms with van der Waals surface area (Å²) in [6.07, 6.45) is 1.95. The SMILES string of the molecule is CC1(C(Cl)c2ccc3c(c2)C(=O)NCCO3)CCCO1. The second-order valence-corrected chi connectivity index (χ2v) is 5.92. The molecular formula is C15H18ClNO3. The molecule has 1 aromatic carbocycles. The van der Waals surface area contributed by atoms with Gasteiger partial charge in [-0.05, 0) is 37.5 Å². The lowest BCUT2D eigenvalue weighted by Gasteiger charge is -2.29. The minimum Gasteiger partial charge on any atom is -0.491 e. The average molecular weight is 296 g/mol. The third-order valence-corrected chi connectivity index (χ3v) is 4.69. The van der Waals surface area contributed by atoms with Crippen molar-refractivity contribution in [1.29, 1.82) is 0 Å². The molecular weight excluding hydrogens is 278 g/mol. The molecule has 0 saturated carbocycles. The fourth-order valence-electron chi connectivity index (χ4n) is 2.78. The first kappa shape index (κ1) is 13.7. The first-order chi connectivity index (χ1) is 9.60. The van der Waals surface area contributed by atoms with E-state index < -0.39 is 0 Å². The molecule has 0 aliphatic carbocycles. The highest BCUT2D eigenvalue weighted by Gasteiger charge is 2.38. The summed E-state index contributed by atoms with van der Waals surface area (Å²) in [5.41, 5.74) is 1.08. The zero-order valence-electron chi connectivity index (χ0n) is 11.4. The fraction of sp³-hybridized carbons (Fsp3) is 0.533. The number of carbonyl (C=O) groups is 1. The summed E-state index contributed by atoms with van der Waals surface area (Å²) in [6.45, 7) is 3.78. The van der Waals surface area contributed by atoms with Crippen molar-refractivity contribution in [2.45, 2.75) is 30.7 Å². The third kappa shape index (κ3) is 2.38. The second-order valence-electron chi connectivity index (χ2n) is 5.49. The molecule has 20 heavy (non-hydrogen) atoms. The van der Waals surface area contributed by atoms with Gasteiger partial charge in [0.1, 0.15) is 12.4 Å². The number of ether oxygens (including phenoxy) is 2. The Hall–Kier alpha value is -1.26. The van der Waals surface area contributed by atoms with E-state index >= 15 is 0 Å². The highest BCUT2D eigenvalue weighted by Crippen LogP contribution is 2.42. The molecule has 2 aliphatic rings. The predicted octanol–water partition coefficient (Wildman–Crippen LogP) is 2.66. The molecule has 5 heteroatoms. The van der Waals surface area contributed by atoms with E-state index in [2.05, 4.69) is 5.32 Å². The fourth-order valence-corrected chi connectivity index (χ4v) is 3.09. The van der Waals surface area contributed by atoms with Gasteiger partial charge in [0.2, 0.25) is 0 Å². The number of amides is 1. The lowest BCUT2D eigenvalue weighted by atomic mass is 9.92. The quantitative estimate of drug-likeness (QED) is 0.853. The first-order valence-electron chi connectivity index (χ1n) is 6.93. The van der Waals surface area contributed by atoms with Crippen LogP contribution in [0.2, 0.25) is 0 Å². The molecule has 0 radical (unpaired) electrons. The van der Waals surface area contributed by atoms with Gasteiger partial charge in [-0.3, -0.25) is 4.79 Å². The highest BCUT2D eigenvalue weighted by molar-refractivity contribution is 6.21. The molecule has 2 atom stereocenters. The third-order valence-electron chi connectivity index (χ3n) is 3.97.